The van der Waals surface area contributed by atoms with Gasteiger partial charge in [-0.05, 0) is 25.1 Å². The van der Waals surface area contributed by atoms with Gasteiger partial charge >= 0.3 is 6.61 Å². The van der Waals surface area contributed by atoms with Crippen LogP contribution in [0, 0.1) is 6.92 Å². The highest BCUT2D eigenvalue weighted by Gasteiger charge is 2.17. The number of nitrogens with zero attached hydrogens (tertiary/aromatic N) is 3. The van der Waals surface area contributed by atoms with E-state index in [1.165, 1.54) is 12.3 Å². The number of benzene rings is 1. The molecule has 5 rings (SSSR count). The topological polar surface area (TPSA) is 96.6 Å². The third-order valence-electron chi connectivity index (χ3n) is 5.12. The van der Waals surface area contributed by atoms with Crippen LogP contribution in [0.3, 0.4) is 0 Å². The predicted molar refractivity (Wildman–Crippen MR) is 117 cm³/mol. The molecular formula is C22H14ClF2N5O2. The Morgan fingerprint density at radius 2 is 1.91 bits per heavy atom. The van der Waals surface area contributed by atoms with Gasteiger partial charge < -0.3 is 14.7 Å². The van der Waals surface area contributed by atoms with Crippen molar-refractivity contribution < 1.29 is 13.5 Å². The van der Waals surface area contributed by atoms with E-state index in [9.17, 15) is 13.6 Å². The zero-order valence-corrected chi connectivity index (χ0v) is 17.2. The van der Waals surface area contributed by atoms with Crippen molar-refractivity contribution in [1.29, 1.82) is 0 Å². The Morgan fingerprint density at radius 3 is 2.72 bits per heavy atom. The Labute approximate surface area is 184 Å². The molecule has 10 heteroatoms. The summed E-state index contributed by atoms with van der Waals surface area (Å²) < 4.78 is 30.2. The zero-order valence-electron chi connectivity index (χ0n) is 16.5. The minimum Gasteiger partial charge on any atom is -0.435 e. The molecule has 2 N–H and O–H groups in total. The molecule has 7 nitrogen and oxygen atoms in total. The summed E-state index contributed by atoms with van der Waals surface area (Å²) in [6, 6.07) is 9.77. The molecule has 0 aliphatic heterocycles. The Balaban J connectivity index is 1.72. The fraction of sp³-hybridized carbons (Fsp3) is 0.0909. The van der Waals surface area contributed by atoms with E-state index in [0.717, 1.165) is 0 Å². The number of fused-ring (bicyclic) bond motifs is 2. The first-order valence-corrected chi connectivity index (χ1v) is 9.87. The molecule has 0 spiro atoms. The van der Waals surface area contributed by atoms with E-state index in [-0.39, 0.29) is 22.0 Å². The number of aromatic nitrogens is 5. The molecule has 0 aliphatic carbocycles. The van der Waals surface area contributed by atoms with E-state index in [2.05, 4.69) is 29.7 Å². The van der Waals surface area contributed by atoms with Crippen LogP contribution in [-0.2, 0) is 0 Å². The zero-order chi connectivity index (χ0) is 22.4. The van der Waals surface area contributed by atoms with Gasteiger partial charge in [0.2, 0.25) is 0 Å². The normalized spacial score (nSPS) is 11.5. The Kier molecular flexibility index (Phi) is 4.82. The predicted octanol–water partition coefficient (Wildman–Crippen LogP) is 5.09. The first-order chi connectivity index (χ1) is 15.4. The highest BCUT2D eigenvalue weighted by atomic mass is 35.5. The average Bonchev–Trinajstić information content (AvgIpc) is 3.17. The first-order valence-electron chi connectivity index (χ1n) is 9.49. The number of alkyl halides is 2. The molecule has 4 heterocycles. The molecule has 0 radical (unpaired) electrons. The van der Waals surface area contributed by atoms with Crippen molar-refractivity contribution in [1.82, 2.24) is 24.9 Å². The Hall–Kier alpha value is -3.85. The van der Waals surface area contributed by atoms with Crippen LogP contribution in [0.2, 0.25) is 5.15 Å². The van der Waals surface area contributed by atoms with Crippen molar-refractivity contribution in [2.24, 2.45) is 0 Å². The fourth-order valence-corrected chi connectivity index (χ4v) is 3.78. The number of H-pyrrole nitrogens is 2. The summed E-state index contributed by atoms with van der Waals surface area (Å²) in [6.07, 6.45) is 3.08. The van der Waals surface area contributed by atoms with Crippen molar-refractivity contribution in [2.45, 2.75) is 13.5 Å². The van der Waals surface area contributed by atoms with Crippen molar-refractivity contribution in [2.75, 3.05) is 0 Å². The SMILES string of the molecule is Cc1c(OC(F)F)cccc1-c1nccc2[nH]c(=O)c(-c3nc4cc(Cl)ncc4[nH]3)cc12. The minimum atomic E-state index is -2.94. The fourth-order valence-electron chi connectivity index (χ4n) is 3.63. The number of imidazole rings is 1. The van der Waals surface area contributed by atoms with Gasteiger partial charge in [-0.15, -0.1) is 0 Å². The van der Waals surface area contributed by atoms with Crippen LogP contribution in [0.25, 0.3) is 44.6 Å². The van der Waals surface area contributed by atoms with Gasteiger partial charge in [0.25, 0.3) is 5.56 Å². The largest absolute Gasteiger partial charge is 0.435 e. The summed E-state index contributed by atoms with van der Waals surface area (Å²) in [4.78, 5) is 31.6. The standard InChI is InChI=1S/C22H14ClF2N5O2/c1-10-11(3-2-4-17(10)32-22(24)25)19-12-7-13(21(31)30-14(12)5-6-26-19)20-28-15-8-18(23)27-9-16(15)29-20/h2-9,22H,1H3,(H,28,29)(H,30,31). The Morgan fingerprint density at radius 1 is 1.06 bits per heavy atom. The van der Waals surface area contributed by atoms with Gasteiger partial charge in [0, 0.05) is 28.8 Å². The highest BCUT2D eigenvalue weighted by molar-refractivity contribution is 6.29. The van der Waals surface area contributed by atoms with Crippen molar-refractivity contribution in [3.63, 3.8) is 0 Å². The number of hydrogen-bond acceptors (Lipinski definition) is 5. The third-order valence-corrected chi connectivity index (χ3v) is 5.32. The second-order valence-corrected chi connectivity index (χ2v) is 7.44. The molecule has 160 valence electrons. The highest BCUT2D eigenvalue weighted by Crippen LogP contribution is 2.34. The second kappa shape index (κ2) is 7.69. The van der Waals surface area contributed by atoms with Gasteiger partial charge in [-0.2, -0.15) is 8.78 Å². The van der Waals surface area contributed by atoms with Crippen LogP contribution in [0.1, 0.15) is 5.56 Å². The van der Waals surface area contributed by atoms with Crippen molar-refractivity contribution in [3.8, 4) is 28.4 Å². The van der Waals surface area contributed by atoms with Crippen LogP contribution in [0.4, 0.5) is 8.78 Å². The maximum absolute atomic E-state index is 12.8. The number of pyridine rings is 3. The molecule has 0 bridgehead atoms. The minimum absolute atomic E-state index is 0.0580. The number of rotatable bonds is 4. The van der Waals surface area contributed by atoms with Gasteiger partial charge in [-0.3, -0.25) is 9.78 Å². The van der Waals surface area contributed by atoms with E-state index in [0.29, 0.717) is 44.6 Å². The Bertz CT molecular complexity index is 1550. The van der Waals surface area contributed by atoms with Gasteiger partial charge in [-0.1, -0.05) is 23.7 Å². The molecule has 0 amide bonds. The van der Waals surface area contributed by atoms with E-state index in [4.69, 9.17) is 11.6 Å². The summed E-state index contributed by atoms with van der Waals surface area (Å²) in [7, 11) is 0. The van der Waals surface area contributed by atoms with Gasteiger partial charge in [0.15, 0.2) is 0 Å². The molecule has 0 aliphatic rings. The number of hydrogen-bond donors (Lipinski definition) is 2. The molecular weight excluding hydrogens is 440 g/mol. The number of ether oxygens (including phenoxy) is 1. The molecule has 0 saturated carbocycles. The molecule has 0 saturated heterocycles. The second-order valence-electron chi connectivity index (χ2n) is 7.05. The van der Waals surface area contributed by atoms with E-state index < -0.39 is 6.61 Å². The van der Waals surface area contributed by atoms with E-state index >= 15 is 0 Å². The smallest absolute Gasteiger partial charge is 0.387 e. The van der Waals surface area contributed by atoms with Crippen LogP contribution in [-0.4, -0.2) is 31.5 Å². The molecule has 0 unspecified atom stereocenters. The van der Waals surface area contributed by atoms with Gasteiger partial charge in [-0.25, -0.2) is 9.97 Å². The summed E-state index contributed by atoms with van der Waals surface area (Å²) >= 11 is 5.93. The lowest BCUT2D eigenvalue weighted by Crippen LogP contribution is -2.10. The lowest BCUT2D eigenvalue weighted by molar-refractivity contribution is -0.0502. The van der Waals surface area contributed by atoms with Crippen LogP contribution in [0.15, 0.2) is 53.6 Å². The lowest BCUT2D eigenvalue weighted by Gasteiger charge is -2.13. The van der Waals surface area contributed by atoms with Gasteiger partial charge in [0.1, 0.15) is 16.7 Å². The monoisotopic (exact) mass is 453 g/mol. The first kappa shape index (κ1) is 20.1. The van der Waals surface area contributed by atoms with Crippen LogP contribution < -0.4 is 10.3 Å². The van der Waals surface area contributed by atoms with Crippen molar-refractivity contribution in [3.05, 3.63) is 69.9 Å². The maximum Gasteiger partial charge on any atom is 0.387 e. The number of nitrogens with one attached hydrogen (secondary N) is 2. The van der Waals surface area contributed by atoms with E-state index in [1.54, 1.807) is 43.5 Å². The van der Waals surface area contributed by atoms with Crippen molar-refractivity contribution >= 4 is 33.5 Å². The molecule has 5 aromatic rings. The summed E-state index contributed by atoms with van der Waals surface area (Å²) in [5, 5.41) is 0.909. The average molecular weight is 454 g/mol. The van der Waals surface area contributed by atoms with Crippen LogP contribution in [0.5, 0.6) is 5.75 Å². The maximum atomic E-state index is 12.8. The number of aromatic amines is 2. The molecule has 32 heavy (non-hydrogen) atoms. The molecule has 1 aromatic carbocycles. The number of halogens is 3. The molecule has 4 aromatic heterocycles. The third kappa shape index (κ3) is 3.46. The lowest BCUT2D eigenvalue weighted by atomic mass is 10.00. The summed E-state index contributed by atoms with van der Waals surface area (Å²) in [5.74, 6) is 0.399. The van der Waals surface area contributed by atoms with E-state index in [1.807, 2.05) is 0 Å². The summed E-state index contributed by atoms with van der Waals surface area (Å²) in [6.45, 7) is -1.26. The van der Waals surface area contributed by atoms with Gasteiger partial charge in [0.05, 0.1) is 34.0 Å². The quantitative estimate of drug-likeness (QED) is 0.369. The molecule has 0 fully saturated rings. The summed E-state index contributed by atoms with van der Waals surface area (Å²) in [5.41, 5.74) is 3.30. The van der Waals surface area contributed by atoms with Crippen LogP contribution >= 0.6 is 11.6 Å². The molecule has 0 atom stereocenters.